The van der Waals surface area contributed by atoms with Gasteiger partial charge in [0, 0.05) is 33.2 Å². The lowest BCUT2D eigenvalue weighted by atomic mass is 9.82. The van der Waals surface area contributed by atoms with Crippen LogP contribution in [0.3, 0.4) is 0 Å². The fraction of sp³-hybridized carbons (Fsp3) is 0.0612. The van der Waals surface area contributed by atoms with E-state index >= 15 is 0 Å². The van der Waals surface area contributed by atoms with Gasteiger partial charge in [0.05, 0.1) is 16.7 Å². The normalized spacial score (nSPS) is 13.1. The second-order valence-electron chi connectivity index (χ2n) is 14.2. The lowest BCUT2D eigenvalue weighted by Gasteiger charge is -2.28. The number of rotatable bonds is 5. The van der Waals surface area contributed by atoms with Gasteiger partial charge in [0.25, 0.3) is 0 Å². The van der Waals surface area contributed by atoms with Crippen molar-refractivity contribution in [1.82, 2.24) is 4.57 Å². The van der Waals surface area contributed by atoms with Crippen molar-refractivity contribution in [3.8, 4) is 27.9 Å². The molecule has 51 heavy (non-hydrogen) atoms. The molecule has 0 saturated carbocycles. The Labute approximate surface area is 298 Å². The molecule has 0 saturated heterocycles. The van der Waals surface area contributed by atoms with E-state index in [2.05, 4.69) is 205 Å². The number of anilines is 3. The number of nitrogens with zero attached hydrogens (tertiary/aromatic N) is 2. The Morgan fingerprint density at radius 1 is 0.451 bits per heavy atom. The predicted molar refractivity (Wildman–Crippen MR) is 216 cm³/mol. The van der Waals surface area contributed by atoms with Crippen LogP contribution in [0.15, 0.2) is 182 Å². The lowest BCUT2D eigenvalue weighted by molar-refractivity contribution is 0.660. The first kappa shape index (κ1) is 29.5. The van der Waals surface area contributed by atoms with E-state index in [-0.39, 0.29) is 5.41 Å². The molecule has 0 unspecified atom stereocenters. The summed E-state index contributed by atoms with van der Waals surface area (Å²) in [5, 5.41) is 5.00. The maximum absolute atomic E-state index is 2.45. The highest BCUT2D eigenvalue weighted by Gasteiger charge is 2.36. The van der Waals surface area contributed by atoms with E-state index in [4.69, 9.17) is 0 Å². The maximum Gasteiger partial charge on any atom is 0.0562 e. The van der Waals surface area contributed by atoms with Gasteiger partial charge in [-0.3, -0.25) is 0 Å². The Kier molecular flexibility index (Phi) is 6.56. The molecule has 8 aromatic carbocycles. The van der Waals surface area contributed by atoms with E-state index < -0.39 is 0 Å². The average molecular weight is 653 g/mol. The zero-order valence-electron chi connectivity index (χ0n) is 28.7. The van der Waals surface area contributed by atoms with Crippen LogP contribution in [0.4, 0.5) is 17.1 Å². The largest absolute Gasteiger partial charge is 0.310 e. The van der Waals surface area contributed by atoms with Gasteiger partial charge in [0.1, 0.15) is 0 Å². The second-order valence-corrected chi connectivity index (χ2v) is 14.2. The molecule has 9 aromatic rings. The van der Waals surface area contributed by atoms with Crippen LogP contribution in [-0.4, -0.2) is 4.57 Å². The van der Waals surface area contributed by atoms with Gasteiger partial charge in [-0.2, -0.15) is 0 Å². The number of hydrogen-bond acceptors (Lipinski definition) is 1. The van der Waals surface area contributed by atoms with Gasteiger partial charge in [0.15, 0.2) is 0 Å². The first-order chi connectivity index (χ1) is 25.1. The first-order valence-electron chi connectivity index (χ1n) is 17.8. The summed E-state index contributed by atoms with van der Waals surface area (Å²) in [6, 6.07) is 66.6. The van der Waals surface area contributed by atoms with E-state index in [9.17, 15) is 0 Å². The van der Waals surface area contributed by atoms with Crippen molar-refractivity contribution in [2.75, 3.05) is 4.90 Å². The molecule has 0 fully saturated rings. The van der Waals surface area contributed by atoms with Crippen molar-refractivity contribution in [3.63, 3.8) is 0 Å². The summed E-state index contributed by atoms with van der Waals surface area (Å²) in [5.41, 5.74) is 14.8. The third-order valence-electron chi connectivity index (χ3n) is 11.0. The summed E-state index contributed by atoms with van der Waals surface area (Å²) in [6.45, 7) is 4.71. The Hall–Kier alpha value is -6.38. The average Bonchev–Trinajstić information content (AvgIpc) is 3.64. The van der Waals surface area contributed by atoms with Gasteiger partial charge in [-0.25, -0.2) is 0 Å². The summed E-state index contributed by atoms with van der Waals surface area (Å²) in [4.78, 5) is 2.45. The third kappa shape index (κ3) is 4.50. The van der Waals surface area contributed by atoms with Gasteiger partial charge >= 0.3 is 0 Å². The Morgan fingerprint density at radius 2 is 1.10 bits per heavy atom. The van der Waals surface area contributed by atoms with Crippen molar-refractivity contribution in [2.45, 2.75) is 19.3 Å². The molecule has 0 N–H and O–H groups in total. The summed E-state index contributed by atoms with van der Waals surface area (Å²) >= 11 is 0. The molecule has 0 bridgehead atoms. The van der Waals surface area contributed by atoms with Gasteiger partial charge in [0.2, 0.25) is 0 Å². The standard InChI is InChI=1S/C49H36N2/c1-49(2)43-22-10-8-19-40(43)41-31-30-37(32-44(41)49)50(35-16-4-3-5-17-35)46-24-13-25-47-48(46)42-20-9-11-23-45(42)51(47)36-28-26-34(27-29-36)39-21-12-15-33-14-6-7-18-38(33)39/h3-32H,1-2H3. The summed E-state index contributed by atoms with van der Waals surface area (Å²) in [7, 11) is 0. The molecule has 0 atom stereocenters. The van der Waals surface area contributed by atoms with Gasteiger partial charge < -0.3 is 9.47 Å². The van der Waals surface area contributed by atoms with Crippen molar-refractivity contribution in [2.24, 2.45) is 0 Å². The highest BCUT2D eigenvalue weighted by atomic mass is 15.1. The van der Waals surface area contributed by atoms with Crippen LogP contribution in [0.2, 0.25) is 0 Å². The van der Waals surface area contributed by atoms with Crippen LogP contribution in [0.1, 0.15) is 25.0 Å². The van der Waals surface area contributed by atoms with Gasteiger partial charge in [-0.1, -0.05) is 141 Å². The number of benzene rings is 8. The number of hydrogen-bond donors (Lipinski definition) is 0. The molecule has 1 heterocycles. The zero-order chi connectivity index (χ0) is 34.1. The van der Waals surface area contributed by atoms with Crippen molar-refractivity contribution >= 4 is 49.6 Å². The van der Waals surface area contributed by atoms with Crippen LogP contribution in [0.25, 0.3) is 60.5 Å². The fourth-order valence-corrected chi connectivity index (χ4v) is 8.57. The molecule has 1 aromatic heterocycles. The minimum Gasteiger partial charge on any atom is -0.310 e. The predicted octanol–water partition coefficient (Wildman–Crippen LogP) is 13.4. The van der Waals surface area contributed by atoms with E-state index in [1.807, 2.05) is 0 Å². The fourth-order valence-electron chi connectivity index (χ4n) is 8.57. The van der Waals surface area contributed by atoms with Gasteiger partial charge in [-0.05, 0) is 98.8 Å². The van der Waals surface area contributed by atoms with Gasteiger partial charge in [-0.15, -0.1) is 0 Å². The number of aromatic nitrogens is 1. The van der Waals surface area contributed by atoms with Crippen LogP contribution < -0.4 is 4.90 Å². The second kappa shape index (κ2) is 11.3. The summed E-state index contributed by atoms with van der Waals surface area (Å²) in [6.07, 6.45) is 0. The molecule has 10 rings (SSSR count). The topological polar surface area (TPSA) is 8.17 Å². The molecule has 2 heteroatoms. The Bertz CT molecular complexity index is 2760. The van der Waals surface area contributed by atoms with Crippen LogP contribution >= 0.6 is 0 Å². The van der Waals surface area contributed by atoms with Crippen molar-refractivity contribution in [1.29, 1.82) is 0 Å². The molecule has 0 spiro atoms. The molecule has 242 valence electrons. The minimum absolute atomic E-state index is 0.0927. The lowest BCUT2D eigenvalue weighted by Crippen LogP contribution is -2.16. The smallest absolute Gasteiger partial charge is 0.0562 e. The Morgan fingerprint density at radius 3 is 1.96 bits per heavy atom. The summed E-state index contributed by atoms with van der Waals surface area (Å²) in [5.74, 6) is 0. The third-order valence-corrected chi connectivity index (χ3v) is 11.0. The number of fused-ring (bicyclic) bond motifs is 7. The Balaban J connectivity index is 1.17. The first-order valence-corrected chi connectivity index (χ1v) is 17.8. The van der Waals surface area contributed by atoms with Crippen LogP contribution in [0, 0.1) is 0 Å². The van der Waals surface area contributed by atoms with Crippen molar-refractivity contribution in [3.05, 3.63) is 193 Å². The number of para-hydroxylation sites is 2. The molecular weight excluding hydrogens is 617 g/mol. The molecular formula is C49H36N2. The van der Waals surface area contributed by atoms with Crippen LogP contribution in [-0.2, 0) is 5.41 Å². The van der Waals surface area contributed by atoms with E-state index in [0.717, 1.165) is 22.7 Å². The van der Waals surface area contributed by atoms with E-state index in [1.54, 1.807) is 0 Å². The summed E-state index contributed by atoms with van der Waals surface area (Å²) < 4.78 is 2.42. The minimum atomic E-state index is -0.0927. The monoisotopic (exact) mass is 652 g/mol. The molecule has 0 radical (unpaired) electrons. The molecule has 1 aliphatic carbocycles. The van der Waals surface area contributed by atoms with E-state index in [1.165, 1.54) is 66.0 Å². The SMILES string of the molecule is CC1(C)c2ccccc2-c2ccc(N(c3ccccc3)c3cccc4c3c3ccccc3n4-c3ccc(-c4cccc5ccccc45)cc3)cc21. The molecule has 0 amide bonds. The zero-order valence-corrected chi connectivity index (χ0v) is 28.7. The quantitative estimate of drug-likeness (QED) is 0.180. The van der Waals surface area contributed by atoms with Crippen LogP contribution in [0.5, 0.6) is 0 Å². The highest BCUT2D eigenvalue weighted by Crippen LogP contribution is 2.51. The van der Waals surface area contributed by atoms with Crippen molar-refractivity contribution < 1.29 is 0 Å². The maximum atomic E-state index is 2.45. The van der Waals surface area contributed by atoms with E-state index in [0.29, 0.717) is 0 Å². The highest BCUT2D eigenvalue weighted by molar-refractivity contribution is 6.16. The molecule has 2 nitrogen and oxygen atoms in total. The molecule has 1 aliphatic rings. The molecule has 0 aliphatic heterocycles.